The maximum absolute atomic E-state index is 13.0. The minimum Gasteiger partial charge on any atom is -0.465 e. The van der Waals surface area contributed by atoms with Gasteiger partial charge in [0.05, 0.1) is 12.2 Å². The molecular weight excluding hydrogens is 471 g/mol. The number of carbonyl (C=O) groups is 1. The Morgan fingerprint density at radius 1 is 1.06 bits per heavy atom. The fourth-order valence-electron chi connectivity index (χ4n) is 4.38. The number of ether oxygens (including phenoxy) is 1. The van der Waals surface area contributed by atoms with Crippen LogP contribution in [0.5, 0.6) is 0 Å². The van der Waals surface area contributed by atoms with E-state index in [0.29, 0.717) is 5.56 Å². The van der Waals surface area contributed by atoms with Gasteiger partial charge in [-0.1, -0.05) is 64.0 Å². The molecule has 1 saturated heterocycles. The van der Waals surface area contributed by atoms with Crippen molar-refractivity contribution in [3.8, 4) is 0 Å². The first-order valence-corrected chi connectivity index (χ1v) is 10.8. The molecular formula is C24H21BrF3NO2. The molecule has 0 saturated carbocycles. The second-order valence-corrected chi connectivity index (χ2v) is 8.52. The van der Waals surface area contributed by atoms with E-state index in [4.69, 9.17) is 4.74 Å². The van der Waals surface area contributed by atoms with Gasteiger partial charge in [-0.15, -0.1) is 0 Å². The van der Waals surface area contributed by atoms with Crippen LogP contribution >= 0.6 is 15.9 Å². The molecule has 31 heavy (non-hydrogen) atoms. The van der Waals surface area contributed by atoms with Gasteiger partial charge in [0.25, 0.3) is 0 Å². The average Bonchev–Trinajstić information content (AvgIpc) is 3.23. The van der Waals surface area contributed by atoms with Crippen LogP contribution in [0, 0.1) is 5.92 Å². The molecule has 0 spiro atoms. The molecule has 7 heteroatoms. The third-order valence-corrected chi connectivity index (χ3v) is 6.30. The molecule has 1 fully saturated rings. The maximum atomic E-state index is 13.0. The van der Waals surface area contributed by atoms with E-state index in [-0.39, 0.29) is 30.5 Å². The molecule has 2 aliphatic rings. The summed E-state index contributed by atoms with van der Waals surface area (Å²) in [5.74, 6) is -0.688. The van der Waals surface area contributed by atoms with Gasteiger partial charge in [-0.3, -0.25) is 10.1 Å². The van der Waals surface area contributed by atoms with Crippen molar-refractivity contribution in [1.82, 2.24) is 5.32 Å². The topological polar surface area (TPSA) is 38.3 Å². The number of alkyl halides is 3. The van der Waals surface area contributed by atoms with E-state index in [9.17, 15) is 18.0 Å². The van der Waals surface area contributed by atoms with Crippen LogP contribution in [0.1, 0.15) is 35.6 Å². The van der Waals surface area contributed by atoms with Crippen LogP contribution in [0.3, 0.4) is 0 Å². The lowest BCUT2D eigenvalue weighted by Gasteiger charge is -2.42. The number of hydrogen-bond donors (Lipinski definition) is 1. The van der Waals surface area contributed by atoms with Crippen LogP contribution in [0.15, 0.2) is 76.8 Å². The number of carbonyl (C=O) groups excluding carboxylic acids is 1. The maximum Gasteiger partial charge on any atom is 0.416 e. The van der Waals surface area contributed by atoms with Crippen LogP contribution in [0.25, 0.3) is 0 Å². The molecule has 2 aromatic carbocycles. The number of rotatable bonds is 4. The summed E-state index contributed by atoms with van der Waals surface area (Å²) in [4.78, 5) is 12.9. The number of benzene rings is 2. The van der Waals surface area contributed by atoms with Crippen molar-refractivity contribution in [2.75, 3.05) is 6.61 Å². The zero-order valence-corrected chi connectivity index (χ0v) is 18.3. The van der Waals surface area contributed by atoms with E-state index < -0.39 is 17.8 Å². The highest BCUT2D eigenvalue weighted by Crippen LogP contribution is 2.47. The summed E-state index contributed by atoms with van der Waals surface area (Å²) in [6, 6.07) is 11.9. The summed E-state index contributed by atoms with van der Waals surface area (Å²) >= 11 is 3.44. The van der Waals surface area contributed by atoms with Gasteiger partial charge in [0, 0.05) is 22.4 Å². The van der Waals surface area contributed by atoms with E-state index in [1.165, 1.54) is 12.1 Å². The van der Waals surface area contributed by atoms with Gasteiger partial charge in [0.1, 0.15) is 6.04 Å². The van der Waals surface area contributed by atoms with Crippen molar-refractivity contribution < 1.29 is 22.7 Å². The first-order valence-electron chi connectivity index (χ1n) is 10.0. The lowest BCUT2D eigenvalue weighted by Crippen LogP contribution is -2.51. The van der Waals surface area contributed by atoms with Crippen molar-refractivity contribution >= 4 is 21.9 Å². The molecule has 1 heterocycles. The molecule has 1 aliphatic heterocycles. The number of esters is 1. The van der Waals surface area contributed by atoms with E-state index in [1.807, 2.05) is 42.5 Å². The van der Waals surface area contributed by atoms with E-state index >= 15 is 0 Å². The second kappa shape index (κ2) is 8.63. The van der Waals surface area contributed by atoms with Gasteiger partial charge in [0.2, 0.25) is 0 Å². The van der Waals surface area contributed by atoms with Gasteiger partial charge in [-0.05, 0) is 42.3 Å². The molecule has 0 bridgehead atoms. The minimum atomic E-state index is -4.39. The molecule has 1 aliphatic carbocycles. The molecule has 1 N–H and O–H groups in total. The fourth-order valence-corrected chi connectivity index (χ4v) is 4.65. The van der Waals surface area contributed by atoms with Gasteiger partial charge < -0.3 is 4.74 Å². The number of allylic oxidation sites excluding steroid dienone is 2. The zero-order valence-electron chi connectivity index (χ0n) is 16.7. The monoisotopic (exact) mass is 491 g/mol. The minimum absolute atomic E-state index is 0.0731. The van der Waals surface area contributed by atoms with E-state index in [0.717, 1.165) is 27.7 Å². The highest BCUT2D eigenvalue weighted by molar-refractivity contribution is 9.10. The van der Waals surface area contributed by atoms with Gasteiger partial charge >= 0.3 is 12.1 Å². The Morgan fingerprint density at radius 2 is 1.71 bits per heavy atom. The molecule has 4 atom stereocenters. The number of nitrogens with one attached hydrogen (secondary N) is 1. The molecule has 2 aromatic rings. The van der Waals surface area contributed by atoms with Crippen molar-refractivity contribution in [2.24, 2.45) is 5.92 Å². The molecule has 162 valence electrons. The van der Waals surface area contributed by atoms with Gasteiger partial charge in [-0.25, -0.2) is 0 Å². The highest BCUT2D eigenvalue weighted by Gasteiger charge is 2.45. The number of halogens is 4. The summed E-state index contributed by atoms with van der Waals surface area (Å²) in [5.41, 5.74) is 2.02. The zero-order chi connectivity index (χ0) is 22.2. The third-order valence-electron chi connectivity index (χ3n) is 5.77. The molecule has 0 amide bonds. The summed E-state index contributed by atoms with van der Waals surface area (Å²) < 4.78 is 45.3. The Bertz CT molecular complexity index is 1010. The first-order chi connectivity index (χ1) is 14.8. The first kappa shape index (κ1) is 21.8. The standard InChI is InChI=1S/C24H21BrF3NO2/c1-2-31-23(30)22-20(14-8-12-17(25)13-9-14)18-4-3-5-19(18)21(29-22)15-6-10-16(11-7-15)24(26,27)28/h3-13,19-22,29H,2H2,1H3/t19-,20+,21+,22+/m0/s1. The van der Waals surface area contributed by atoms with E-state index in [2.05, 4.69) is 21.2 Å². The molecule has 0 unspecified atom stereocenters. The predicted molar refractivity (Wildman–Crippen MR) is 115 cm³/mol. The molecule has 0 aromatic heterocycles. The third kappa shape index (κ3) is 4.34. The van der Waals surface area contributed by atoms with Crippen molar-refractivity contribution in [2.45, 2.75) is 31.1 Å². The SMILES string of the molecule is CCOC(=O)[C@@H]1N[C@H](c2ccc(C(F)(F)F)cc2)[C@H]2C=CC=C2[C@H]1c1ccc(Br)cc1. The van der Waals surface area contributed by atoms with Crippen LogP contribution in [-0.4, -0.2) is 18.6 Å². The lowest BCUT2D eigenvalue weighted by molar-refractivity contribution is -0.147. The summed E-state index contributed by atoms with van der Waals surface area (Å²) in [7, 11) is 0. The number of piperidine rings is 1. The Hall–Kier alpha value is -2.38. The average molecular weight is 492 g/mol. The van der Waals surface area contributed by atoms with Crippen molar-refractivity contribution in [3.63, 3.8) is 0 Å². The fraction of sp³-hybridized carbons (Fsp3) is 0.292. The summed E-state index contributed by atoms with van der Waals surface area (Å²) in [6.07, 6.45) is 1.58. The second-order valence-electron chi connectivity index (χ2n) is 7.60. The van der Waals surface area contributed by atoms with Crippen LogP contribution in [-0.2, 0) is 15.7 Å². The Kier molecular flexibility index (Phi) is 6.08. The van der Waals surface area contributed by atoms with Gasteiger partial charge in [-0.2, -0.15) is 13.2 Å². The van der Waals surface area contributed by atoms with Crippen LogP contribution in [0.4, 0.5) is 13.2 Å². The number of hydrogen-bond acceptors (Lipinski definition) is 3. The Labute approximate surface area is 187 Å². The van der Waals surface area contributed by atoms with Crippen LogP contribution < -0.4 is 5.32 Å². The lowest BCUT2D eigenvalue weighted by atomic mass is 9.72. The highest BCUT2D eigenvalue weighted by atomic mass is 79.9. The summed E-state index contributed by atoms with van der Waals surface area (Å²) in [6.45, 7) is 2.00. The quantitative estimate of drug-likeness (QED) is 0.537. The van der Waals surface area contributed by atoms with Crippen LogP contribution in [0.2, 0.25) is 0 Å². The summed E-state index contributed by atoms with van der Waals surface area (Å²) in [5, 5.41) is 3.39. The van der Waals surface area contributed by atoms with E-state index in [1.54, 1.807) is 6.92 Å². The molecule has 0 radical (unpaired) electrons. The normalized spacial score (nSPS) is 25.1. The number of fused-ring (bicyclic) bond motifs is 1. The predicted octanol–water partition coefficient (Wildman–Crippen LogP) is 5.94. The van der Waals surface area contributed by atoms with Crippen molar-refractivity contribution in [3.05, 3.63) is 93.5 Å². The molecule has 4 rings (SSSR count). The Morgan fingerprint density at radius 3 is 2.32 bits per heavy atom. The smallest absolute Gasteiger partial charge is 0.416 e. The van der Waals surface area contributed by atoms with Gasteiger partial charge in [0.15, 0.2) is 0 Å². The van der Waals surface area contributed by atoms with Crippen molar-refractivity contribution in [1.29, 1.82) is 0 Å². The molecule has 3 nitrogen and oxygen atoms in total. The Balaban J connectivity index is 1.72. The largest absolute Gasteiger partial charge is 0.465 e.